The second kappa shape index (κ2) is 6.15. The van der Waals surface area contributed by atoms with Crippen molar-refractivity contribution in [2.45, 2.75) is 6.54 Å². The lowest BCUT2D eigenvalue weighted by Crippen LogP contribution is -1.98. The fraction of sp³-hybridized carbons (Fsp3) is 0.167. The van der Waals surface area contributed by atoms with Crippen LogP contribution in [-0.4, -0.2) is 7.11 Å². The molecular formula is C12H10BrCl2NOS. The summed E-state index contributed by atoms with van der Waals surface area (Å²) in [6.07, 6.45) is 0. The molecule has 0 aliphatic rings. The first-order valence-electron chi connectivity index (χ1n) is 5.11. The molecule has 0 atom stereocenters. The van der Waals surface area contributed by atoms with Crippen LogP contribution >= 0.6 is 50.5 Å². The third-order valence-corrected chi connectivity index (χ3v) is 5.13. The van der Waals surface area contributed by atoms with Gasteiger partial charge in [-0.3, -0.25) is 0 Å². The summed E-state index contributed by atoms with van der Waals surface area (Å²) < 4.78 is 6.83. The van der Waals surface area contributed by atoms with Gasteiger partial charge in [-0.15, -0.1) is 11.3 Å². The molecule has 0 fully saturated rings. The molecule has 1 aromatic carbocycles. The maximum absolute atomic E-state index is 6.11. The Morgan fingerprint density at radius 1 is 1.33 bits per heavy atom. The average molecular weight is 367 g/mol. The number of nitrogens with one attached hydrogen (secondary N) is 1. The Balaban J connectivity index is 2.10. The van der Waals surface area contributed by atoms with Gasteiger partial charge in [0, 0.05) is 22.0 Å². The number of ether oxygens (including phenoxy) is 1. The SMILES string of the molecule is COc1ccc(Cl)c(NCc2cc(Br)c(Cl)s2)c1. The molecule has 1 aromatic heterocycles. The van der Waals surface area contributed by atoms with Crippen LogP contribution in [0.15, 0.2) is 28.7 Å². The fourth-order valence-electron chi connectivity index (χ4n) is 1.43. The van der Waals surface area contributed by atoms with Crippen molar-refractivity contribution in [3.05, 3.63) is 43.0 Å². The number of rotatable bonds is 4. The van der Waals surface area contributed by atoms with Gasteiger partial charge in [0.1, 0.15) is 10.1 Å². The fourth-order valence-corrected chi connectivity index (χ4v) is 3.34. The van der Waals surface area contributed by atoms with E-state index in [9.17, 15) is 0 Å². The Labute approximate surface area is 128 Å². The number of benzene rings is 1. The molecule has 0 spiro atoms. The molecule has 0 saturated heterocycles. The first kappa shape index (κ1) is 14.0. The Kier molecular flexibility index (Phi) is 4.78. The molecule has 0 unspecified atom stereocenters. The van der Waals surface area contributed by atoms with E-state index in [-0.39, 0.29) is 0 Å². The van der Waals surface area contributed by atoms with Crippen molar-refractivity contribution >= 4 is 56.2 Å². The van der Waals surface area contributed by atoms with E-state index in [4.69, 9.17) is 27.9 Å². The topological polar surface area (TPSA) is 21.3 Å². The summed E-state index contributed by atoms with van der Waals surface area (Å²) in [7, 11) is 1.63. The summed E-state index contributed by atoms with van der Waals surface area (Å²) in [4.78, 5) is 1.13. The molecule has 0 amide bonds. The van der Waals surface area contributed by atoms with E-state index < -0.39 is 0 Å². The van der Waals surface area contributed by atoms with Crippen molar-refractivity contribution in [1.82, 2.24) is 0 Å². The summed E-state index contributed by atoms with van der Waals surface area (Å²) >= 11 is 17.0. The van der Waals surface area contributed by atoms with Crippen molar-refractivity contribution in [3.8, 4) is 5.75 Å². The zero-order valence-corrected chi connectivity index (χ0v) is 13.4. The zero-order chi connectivity index (χ0) is 13.1. The van der Waals surface area contributed by atoms with Gasteiger partial charge < -0.3 is 10.1 Å². The van der Waals surface area contributed by atoms with Crippen LogP contribution in [0.25, 0.3) is 0 Å². The van der Waals surface area contributed by atoms with Crippen LogP contribution in [0, 0.1) is 0 Å². The largest absolute Gasteiger partial charge is 0.497 e. The van der Waals surface area contributed by atoms with Gasteiger partial charge in [0.2, 0.25) is 0 Å². The standard InChI is InChI=1S/C12H10BrCl2NOS/c1-17-7-2-3-10(14)11(4-7)16-6-8-5-9(13)12(15)18-8/h2-5,16H,6H2,1H3. The quantitative estimate of drug-likeness (QED) is 0.777. The van der Waals surface area contributed by atoms with Crippen molar-refractivity contribution in [2.75, 3.05) is 12.4 Å². The van der Waals surface area contributed by atoms with Crippen LogP contribution in [0.1, 0.15) is 4.88 Å². The minimum absolute atomic E-state index is 0.664. The van der Waals surface area contributed by atoms with Gasteiger partial charge in [0.15, 0.2) is 0 Å². The summed E-state index contributed by atoms with van der Waals surface area (Å²) in [5, 5.41) is 3.93. The molecular weight excluding hydrogens is 357 g/mol. The van der Waals surface area contributed by atoms with Gasteiger partial charge in [0.25, 0.3) is 0 Å². The van der Waals surface area contributed by atoms with Gasteiger partial charge in [-0.2, -0.15) is 0 Å². The molecule has 0 saturated carbocycles. The Bertz CT molecular complexity index is 540. The predicted octanol–water partition coefficient (Wildman–Crippen LogP) is 5.44. The Morgan fingerprint density at radius 3 is 2.72 bits per heavy atom. The average Bonchev–Trinajstić information content (AvgIpc) is 2.68. The van der Waals surface area contributed by atoms with E-state index >= 15 is 0 Å². The van der Waals surface area contributed by atoms with E-state index in [1.165, 1.54) is 11.3 Å². The van der Waals surface area contributed by atoms with Crippen molar-refractivity contribution in [3.63, 3.8) is 0 Å². The number of anilines is 1. The Hall–Kier alpha value is -0.420. The van der Waals surface area contributed by atoms with E-state index in [0.717, 1.165) is 25.1 Å². The molecule has 2 rings (SSSR count). The van der Waals surface area contributed by atoms with Gasteiger partial charge in [0.05, 0.1) is 17.8 Å². The van der Waals surface area contributed by atoms with Crippen molar-refractivity contribution in [1.29, 1.82) is 0 Å². The second-order valence-corrected chi connectivity index (χ2v) is 6.53. The summed E-state index contributed by atoms with van der Waals surface area (Å²) in [5.41, 5.74) is 0.844. The van der Waals surface area contributed by atoms with Crippen molar-refractivity contribution in [2.24, 2.45) is 0 Å². The highest BCUT2D eigenvalue weighted by atomic mass is 79.9. The summed E-state index contributed by atoms with van der Waals surface area (Å²) in [5.74, 6) is 0.771. The van der Waals surface area contributed by atoms with Gasteiger partial charge in [-0.05, 0) is 34.1 Å². The summed E-state index contributed by atoms with van der Waals surface area (Å²) in [6.45, 7) is 0.670. The number of methoxy groups -OCH3 is 1. The maximum atomic E-state index is 6.11. The number of thiophene rings is 1. The third kappa shape index (κ3) is 3.32. The monoisotopic (exact) mass is 365 g/mol. The van der Waals surface area contributed by atoms with Crippen LogP contribution in [0.4, 0.5) is 5.69 Å². The van der Waals surface area contributed by atoms with Crippen LogP contribution in [-0.2, 0) is 6.54 Å². The minimum Gasteiger partial charge on any atom is -0.497 e. The van der Waals surface area contributed by atoms with Gasteiger partial charge >= 0.3 is 0 Å². The normalized spacial score (nSPS) is 10.4. The first-order chi connectivity index (χ1) is 8.60. The highest BCUT2D eigenvalue weighted by Gasteiger charge is 2.06. The second-order valence-electron chi connectivity index (χ2n) is 3.53. The first-order valence-corrected chi connectivity index (χ1v) is 7.48. The lowest BCUT2D eigenvalue weighted by atomic mass is 10.3. The highest BCUT2D eigenvalue weighted by molar-refractivity contribution is 9.10. The molecule has 0 aliphatic carbocycles. The van der Waals surface area contributed by atoms with Crippen LogP contribution < -0.4 is 10.1 Å². The van der Waals surface area contributed by atoms with Crippen LogP contribution in [0.3, 0.4) is 0 Å². The molecule has 2 aromatic rings. The lowest BCUT2D eigenvalue weighted by Gasteiger charge is -2.09. The van der Waals surface area contributed by atoms with Crippen molar-refractivity contribution < 1.29 is 4.74 Å². The molecule has 1 N–H and O–H groups in total. The van der Waals surface area contributed by atoms with Crippen LogP contribution in [0.2, 0.25) is 9.36 Å². The summed E-state index contributed by atoms with van der Waals surface area (Å²) in [6, 6.07) is 7.49. The van der Waals surface area contributed by atoms with E-state index in [1.54, 1.807) is 13.2 Å². The van der Waals surface area contributed by atoms with Gasteiger partial charge in [-0.1, -0.05) is 23.2 Å². The van der Waals surface area contributed by atoms with Gasteiger partial charge in [-0.25, -0.2) is 0 Å². The van der Waals surface area contributed by atoms with E-state index in [1.807, 2.05) is 18.2 Å². The van der Waals surface area contributed by atoms with Crippen LogP contribution in [0.5, 0.6) is 5.75 Å². The smallest absolute Gasteiger partial charge is 0.121 e. The molecule has 96 valence electrons. The molecule has 6 heteroatoms. The zero-order valence-electron chi connectivity index (χ0n) is 9.47. The maximum Gasteiger partial charge on any atom is 0.121 e. The number of hydrogen-bond acceptors (Lipinski definition) is 3. The van der Waals surface area contributed by atoms with E-state index in [0.29, 0.717) is 11.6 Å². The Morgan fingerprint density at radius 2 is 2.11 bits per heavy atom. The van der Waals surface area contributed by atoms with E-state index in [2.05, 4.69) is 21.2 Å². The highest BCUT2D eigenvalue weighted by Crippen LogP contribution is 2.33. The third-order valence-electron chi connectivity index (χ3n) is 2.32. The number of hydrogen-bond donors (Lipinski definition) is 1. The molecule has 1 heterocycles. The molecule has 18 heavy (non-hydrogen) atoms. The minimum atomic E-state index is 0.664. The molecule has 0 radical (unpaired) electrons. The lowest BCUT2D eigenvalue weighted by molar-refractivity contribution is 0.415. The number of halogens is 3. The molecule has 2 nitrogen and oxygen atoms in total. The molecule has 0 bridgehead atoms. The molecule has 0 aliphatic heterocycles. The predicted molar refractivity (Wildman–Crippen MR) is 82.4 cm³/mol.